The number of benzene rings is 1. The van der Waals surface area contributed by atoms with Gasteiger partial charge >= 0.3 is 0 Å². The maximum Gasteiger partial charge on any atom is 0.124 e. The van der Waals surface area contributed by atoms with Crippen molar-refractivity contribution in [3.63, 3.8) is 0 Å². The maximum absolute atomic E-state index is 6.07. The van der Waals surface area contributed by atoms with E-state index in [1.54, 1.807) is 0 Å². The smallest absolute Gasteiger partial charge is 0.101 e. The van der Waals surface area contributed by atoms with Crippen molar-refractivity contribution in [2.45, 2.75) is 17.7 Å². The van der Waals surface area contributed by atoms with Crippen LogP contribution in [0.15, 0.2) is 30.3 Å². The summed E-state index contributed by atoms with van der Waals surface area (Å²) in [6, 6.07) is 10.4. The van der Waals surface area contributed by atoms with Crippen LogP contribution in [0.2, 0.25) is 0 Å². The minimum absolute atomic E-state index is 0.427. The summed E-state index contributed by atoms with van der Waals surface area (Å²) in [6.45, 7) is 2.10. The Kier molecular flexibility index (Phi) is 2.29. The Balaban J connectivity index is 2.02. The zero-order valence-electron chi connectivity index (χ0n) is 7.50. The largest absolute Gasteiger partial charge is 0.124 e. The fourth-order valence-electron chi connectivity index (χ4n) is 1.74. The first-order chi connectivity index (χ1) is 6.12. The quantitative estimate of drug-likeness (QED) is 0.660. The van der Waals surface area contributed by atoms with Gasteiger partial charge in [0, 0.05) is 5.92 Å². The van der Waals surface area contributed by atoms with Gasteiger partial charge in [0.2, 0.25) is 0 Å². The monoisotopic (exact) mass is 214 g/mol. The lowest BCUT2D eigenvalue weighted by Gasteiger charge is -1.99. The summed E-state index contributed by atoms with van der Waals surface area (Å²) in [6.07, 6.45) is 0.995. The molecule has 1 saturated carbocycles. The molecule has 0 N–H and O–H groups in total. The standard InChI is InChI=1S/C11H12Cl2/c1-8-10(11(8,12)13)7-9-5-3-2-4-6-9/h2-6,8,10H,7H2,1H3. The van der Waals surface area contributed by atoms with Gasteiger partial charge in [-0.25, -0.2) is 0 Å². The molecule has 2 heteroatoms. The van der Waals surface area contributed by atoms with Gasteiger partial charge in [0.05, 0.1) is 0 Å². The highest BCUT2D eigenvalue weighted by Gasteiger charge is 2.59. The fourth-order valence-corrected chi connectivity index (χ4v) is 2.45. The van der Waals surface area contributed by atoms with Crippen LogP contribution in [0.1, 0.15) is 12.5 Å². The number of halogens is 2. The van der Waals surface area contributed by atoms with Crippen LogP contribution in [0.5, 0.6) is 0 Å². The molecule has 0 radical (unpaired) electrons. The van der Waals surface area contributed by atoms with Crippen molar-refractivity contribution in [1.29, 1.82) is 0 Å². The van der Waals surface area contributed by atoms with E-state index in [4.69, 9.17) is 23.2 Å². The summed E-state index contributed by atoms with van der Waals surface area (Å²) >= 11 is 12.1. The molecule has 0 saturated heterocycles. The van der Waals surface area contributed by atoms with Crippen molar-refractivity contribution in [2.75, 3.05) is 0 Å². The Hall–Kier alpha value is -0.200. The van der Waals surface area contributed by atoms with Crippen molar-refractivity contribution in [1.82, 2.24) is 0 Å². The van der Waals surface area contributed by atoms with Gasteiger partial charge in [0.25, 0.3) is 0 Å². The molecule has 1 aliphatic rings. The van der Waals surface area contributed by atoms with Gasteiger partial charge in [-0.05, 0) is 17.9 Å². The van der Waals surface area contributed by atoms with Crippen LogP contribution in [-0.2, 0) is 6.42 Å². The number of hydrogen-bond donors (Lipinski definition) is 0. The highest BCUT2D eigenvalue weighted by Crippen LogP contribution is 2.59. The molecule has 2 rings (SSSR count). The molecule has 1 aromatic rings. The molecule has 1 aliphatic carbocycles. The average molecular weight is 215 g/mol. The lowest BCUT2D eigenvalue weighted by Crippen LogP contribution is -1.94. The summed E-state index contributed by atoms with van der Waals surface area (Å²) in [7, 11) is 0. The van der Waals surface area contributed by atoms with E-state index in [2.05, 4.69) is 19.1 Å². The van der Waals surface area contributed by atoms with Gasteiger partial charge < -0.3 is 0 Å². The molecule has 1 aromatic carbocycles. The minimum atomic E-state index is -0.476. The summed E-state index contributed by atoms with van der Waals surface area (Å²) in [5.41, 5.74) is 1.32. The molecule has 70 valence electrons. The number of hydrogen-bond acceptors (Lipinski definition) is 0. The van der Waals surface area contributed by atoms with Crippen LogP contribution in [0.4, 0.5) is 0 Å². The van der Waals surface area contributed by atoms with Crippen LogP contribution < -0.4 is 0 Å². The van der Waals surface area contributed by atoms with E-state index >= 15 is 0 Å². The van der Waals surface area contributed by atoms with E-state index in [0.717, 1.165) is 6.42 Å². The lowest BCUT2D eigenvalue weighted by atomic mass is 10.1. The van der Waals surface area contributed by atoms with Crippen LogP contribution in [0.3, 0.4) is 0 Å². The third-order valence-electron chi connectivity index (χ3n) is 2.89. The van der Waals surface area contributed by atoms with Gasteiger partial charge in [-0.15, -0.1) is 23.2 Å². The molecule has 0 nitrogen and oxygen atoms in total. The molecule has 0 aliphatic heterocycles. The van der Waals surface area contributed by atoms with Crippen molar-refractivity contribution in [3.8, 4) is 0 Å². The van der Waals surface area contributed by atoms with Crippen LogP contribution in [0, 0.1) is 11.8 Å². The van der Waals surface area contributed by atoms with Crippen molar-refractivity contribution < 1.29 is 0 Å². The first kappa shape index (κ1) is 9.36. The zero-order chi connectivity index (χ0) is 9.47. The van der Waals surface area contributed by atoms with E-state index in [1.807, 2.05) is 18.2 Å². The van der Waals surface area contributed by atoms with Crippen molar-refractivity contribution in [2.24, 2.45) is 11.8 Å². The normalized spacial score (nSPS) is 30.1. The first-order valence-corrected chi connectivity index (χ1v) is 5.29. The van der Waals surface area contributed by atoms with E-state index in [0.29, 0.717) is 11.8 Å². The Morgan fingerprint density at radius 3 is 2.23 bits per heavy atom. The third-order valence-corrected chi connectivity index (χ3v) is 4.14. The average Bonchev–Trinajstić information content (AvgIpc) is 2.57. The number of alkyl halides is 2. The van der Waals surface area contributed by atoms with E-state index in [9.17, 15) is 0 Å². The van der Waals surface area contributed by atoms with Crippen molar-refractivity contribution in [3.05, 3.63) is 35.9 Å². The summed E-state index contributed by atoms with van der Waals surface area (Å²) in [4.78, 5) is 0. The second kappa shape index (κ2) is 3.18. The highest BCUT2D eigenvalue weighted by molar-refractivity contribution is 6.51. The SMILES string of the molecule is CC1C(Cc2ccccc2)C1(Cl)Cl. The topological polar surface area (TPSA) is 0 Å². The second-order valence-corrected chi connectivity index (χ2v) is 5.20. The second-order valence-electron chi connectivity index (χ2n) is 3.76. The Bertz CT molecular complexity index is 292. The van der Waals surface area contributed by atoms with Gasteiger partial charge in [-0.1, -0.05) is 37.3 Å². The van der Waals surface area contributed by atoms with Gasteiger partial charge in [0.15, 0.2) is 0 Å². The van der Waals surface area contributed by atoms with E-state index in [-0.39, 0.29) is 0 Å². The summed E-state index contributed by atoms with van der Waals surface area (Å²) in [5.74, 6) is 0.856. The zero-order valence-corrected chi connectivity index (χ0v) is 9.02. The molecule has 0 spiro atoms. The van der Waals surface area contributed by atoms with Gasteiger partial charge in [-0.2, -0.15) is 0 Å². The van der Waals surface area contributed by atoms with Gasteiger partial charge in [-0.3, -0.25) is 0 Å². The first-order valence-electron chi connectivity index (χ1n) is 4.54. The summed E-state index contributed by atoms with van der Waals surface area (Å²) in [5, 5.41) is 0. The molecular formula is C11H12Cl2. The maximum atomic E-state index is 6.07. The predicted octanol–water partition coefficient (Wildman–Crippen LogP) is 3.67. The van der Waals surface area contributed by atoms with Crippen LogP contribution in [-0.4, -0.2) is 4.33 Å². The molecule has 2 atom stereocenters. The molecular weight excluding hydrogens is 203 g/mol. The molecule has 1 fully saturated rings. The number of rotatable bonds is 2. The minimum Gasteiger partial charge on any atom is -0.101 e. The predicted molar refractivity (Wildman–Crippen MR) is 57.2 cm³/mol. The molecule has 0 bridgehead atoms. The highest BCUT2D eigenvalue weighted by atomic mass is 35.5. The van der Waals surface area contributed by atoms with Crippen molar-refractivity contribution >= 4 is 23.2 Å². The summed E-state index contributed by atoms with van der Waals surface area (Å²) < 4.78 is -0.476. The van der Waals surface area contributed by atoms with E-state index in [1.165, 1.54) is 5.56 Å². The van der Waals surface area contributed by atoms with Crippen LogP contribution in [0.25, 0.3) is 0 Å². The van der Waals surface area contributed by atoms with E-state index < -0.39 is 4.33 Å². The third kappa shape index (κ3) is 1.70. The molecule has 0 amide bonds. The molecule has 2 unspecified atom stereocenters. The molecule has 0 heterocycles. The van der Waals surface area contributed by atoms with Crippen LogP contribution >= 0.6 is 23.2 Å². The molecule has 13 heavy (non-hydrogen) atoms. The Labute approximate surface area is 88.9 Å². The Morgan fingerprint density at radius 1 is 1.23 bits per heavy atom. The lowest BCUT2D eigenvalue weighted by molar-refractivity contribution is 0.746. The fraction of sp³-hybridized carbons (Fsp3) is 0.455. The van der Waals surface area contributed by atoms with Gasteiger partial charge in [0.1, 0.15) is 4.33 Å². The molecule has 0 aromatic heterocycles. The Morgan fingerprint density at radius 2 is 1.77 bits per heavy atom.